The predicted molar refractivity (Wildman–Crippen MR) is 105 cm³/mol. The number of halogens is 2. The van der Waals surface area contributed by atoms with Gasteiger partial charge in [-0.2, -0.15) is 0 Å². The molecular weight excluding hydrogens is 424 g/mol. The molecule has 25 heavy (non-hydrogen) atoms. The molecule has 3 rings (SSSR count). The van der Waals surface area contributed by atoms with E-state index in [1.807, 2.05) is 36.4 Å². The van der Waals surface area contributed by atoms with Gasteiger partial charge in [-0.05, 0) is 45.8 Å². The first-order valence-corrected chi connectivity index (χ1v) is 9.45. The van der Waals surface area contributed by atoms with E-state index in [1.165, 1.54) is 11.3 Å². The number of carbonyl (C=O) groups excluding carboxylic acids is 1. The van der Waals surface area contributed by atoms with E-state index in [4.69, 9.17) is 16.3 Å². The standard InChI is InChI=1S/C18H14BrClN2O2S/c19-15-7-6-12(9-16(15)20)8-14-10-21-18(25-14)22-17(23)11-24-13-4-2-1-3-5-13/h1-7,9-10H,8,11H2,(H,21,22,23). The molecule has 4 nitrogen and oxygen atoms in total. The molecule has 0 fully saturated rings. The lowest BCUT2D eigenvalue weighted by atomic mass is 10.1. The third-order valence-corrected chi connectivity index (χ3v) is 5.42. The van der Waals surface area contributed by atoms with Crippen molar-refractivity contribution in [3.8, 4) is 5.75 Å². The summed E-state index contributed by atoms with van der Waals surface area (Å²) in [6.45, 7) is -0.0543. The number of anilines is 1. The summed E-state index contributed by atoms with van der Waals surface area (Å²) in [6.07, 6.45) is 2.47. The molecule has 1 amide bonds. The normalized spacial score (nSPS) is 10.5. The third kappa shape index (κ3) is 5.29. The Hall–Kier alpha value is -1.89. The summed E-state index contributed by atoms with van der Waals surface area (Å²) < 4.78 is 6.28. The lowest BCUT2D eigenvalue weighted by Gasteiger charge is -2.05. The van der Waals surface area contributed by atoms with Crippen molar-refractivity contribution in [1.82, 2.24) is 4.98 Å². The van der Waals surface area contributed by atoms with E-state index in [9.17, 15) is 4.79 Å². The van der Waals surface area contributed by atoms with Crippen LogP contribution in [-0.2, 0) is 11.2 Å². The lowest BCUT2D eigenvalue weighted by molar-refractivity contribution is -0.118. The minimum Gasteiger partial charge on any atom is -0.484 e. The fourth-order valence-corrected chi connectivity index (χ4v) is 3.43. The number of amides is 1. The highest BCUT2D eigenvalue weighted by Gasteiger charge is 2.09. The van der Waals surface area contributed by atoms with Gasteiger partial charge in [0, 0.05) is 22.0 Å². The highest BCUT2D eigenvalue weighted by atomic mass is 79.9. The van der Waals surface area contributed by atoms with E-state index in [0.717, 1.165) is 14.9 Å². The highest BCUT2D eigenvalue weighted by Crippen LogP contribution is 2.26. The summed E-state index contributed by atoms with van der Waals surface area (Å²) in [5.41, 5.74) is 1.09. The number of para-hydroxylation sites is 1. The van der Waals surface area contributed by atoms with Gasteiger partial charge in [0.15, 0.2) is 11.7 Å². The average molecular weight is 438 g/mol. The van der Waals surface area contributed by atoms with E-state index in [2.05, 4.69) is 26.2 Å². The van der Waals surface area contributed by atoms with Crippen molar-refractivity contribution in [2.45, 2.75) is 6.42 Å². The Bertz CT molecular complexity index is 871. The van der Waals surface area contributed by atoms with Gasteiger partial charge in [0.05, 0.1) is 5.02 Å². The Morgan fingerprint density at radius 2 is 2.04 bits per heavy atom. The molecule has 0 unspecified atom stereocenters. The lowest BCUT2D eigenvalue weighted by Crippen LogP contribution is -2.19. The number of ether oxygens (including phenoxy) is 1. The van der Waals surface area contributed by atoms with E-state index in [-0.39, 0.29) is 12.5 Å². The van der Waals surface area contributed by atoms with Crippen LogP contribution in [0.25, 0.3) is 0 Å². The van der Waals surface area contributed by atoms with Crippen molar-refractivity contribution in [1.29, 1.82) is 0 Å². The van der Waals surface area contributed by atoms with Crippen LogP contribution in [0.1, 0.15) is 10.4 Å². The quantitative estimate of drug-likeness (QED) is 0.579. The number of thiazole rings is 1. The molecule has 0 aliphatic heterocycles. The van der Waals surface area contributed by atoms with Crippen LogP contribution >= 0.6 is 38.9 Å². The monoisotopic (exact) mass is 436 g/mol. The Kier molecular flexibility index (Phi) is 6.07. The summed E-state index contributed by atoms with van der Waals surface area (Å²) in [4.78, 5) is 17.2. The average Bonchev–Trinajstić information content (AvgIpc) is 3.04. The van der Waals surface area contributed by atoms with Gasteiger partial charge in [-0.25, -0.2) is 4.98 Å². The number of aromatic nitrogens is 1. The molecule has 0 aliphatic carbocycles. The molecule has 2 aromatic carbocycles. The molecule has 7 heteroatoms. The van der Waals surface area contributed by atoms with Crippen LogP contribution in [0.2, 0.25) is 5.02 Å². The maximum atomic E-state index is 11.9. The van der Waals surface area contributed by atoms with E-state index >= 15 is 0 Å². The Morgan fingerprint density at radius 1 is 1.24 bits per heavy atom. The maximum Gasteiger partial charge on any atom is 0.264 e. The number of nitrogens with one attached hydrogen (secondary N) is 1. The molecule has 0 bridgehead atoms. The molecule has 0 aliphatic rings. The van der Waals surface area contributed by atoms with Crippen LogP contribution in [0.4, 0.5) is 5.13 Å². The molecule has 0 saturated heterocycles. The van der Waals surface area contributed by atoms with Gasteiger partial charge in [-0.15, -0.1) is 11.3 Å². The van der Waals surface area contributed by atoms with Crippen LogP contribution in [0, 0.1) is 0 Å². The second kappa shape index (κ2) is 8.47. The number of hydrogen-bond donors (Lipinski definition) is 1. The zero-order valence-electron chi connectivity index (χ0n) is 13.0. The van der Waals surface area contributed by atoms with Gasteiger partial charge in [-0.1, -0.05) is 35.9 Å². The first-order chi connectivity index (χ1) is 12.1. The van der Waals surface area contributed by atoms with E-state index in [0.29, 0.717) is 22.3 Å². The second-order valence-corrected chi connectivity index (χ2v) is 7.58. The van der Waals surface area contributed by atoms with Crippen molar-refractivity contribution in [2.75, 3.05) is 11.9 Å². The van der Waals surface area contributed by atoms with Crippen LogP contribution in [-0.4, -0.2) is 17.5 Å². The van der Waals surface area contributed by atoms with Gasteiger partial charge >= 0.3 is 0 Å². The topological polar surface area (TPSA) is 51.2 Å². The molecule has 1 aromatic heterocycles. The summed E-state index contributed by atoms with van der Waals surface area (Å²) >= 11 is 10.9. The van der Waals surface area contributed by atoms with Crippen molar-refractivity contribution in [2.24, 2.45) is 0 Å². The van der Waals surface area contributed by atoms with Crippen LogP contribution in [0.5, 0.6) is 5.75 Å². The van der Waals surface area contributed by atoms with Crippen molar-refractivity contribution >= 4 is 49.9 Å². The fourth-order valence-electron chi connectivity index (χ4n) is 2.12. The Balaban J connectivity index is 1.54. The predicted octanol–water partition coefficient (Wildman–Crippen LogP) is 5.17. The first kappa shape index (κ1) is 17.9. The van der Waals surface area contributed by atoms with Crippen molar-refractivity contribution < 1.29 is 9.53 Å². The zero-order chi connectivity index (χ0) is 17.6. The van der Waals surface area contributed by atoms with Crippen molar-refractivity contribution in [3.63, 3.8) is 0 Å². The number of hydrogen-bond acceptors (Lipinski definition) is 4. The SMILES string of the molecule is O=C(COc1ccccc1)Nc1ncc(Cc2ccc(Br)c(Cl)c2)s1. The number of rotatable bonds is 6. The van der Waals surface area contributed by atoms with Gasteiger partial charge < -0.3 is 4.74 Å². The molecule has 3 aromatic rings. The Morgan fingerprint density at radius 3 is 2.80 bits per heavy atom. The summed E-state index contributed by atoms with van der Waals surface area (Å²) in [6, 6.07) is 15.0. The molecule has 1 N–H and O–H groups in total. The fraction of sp³-hybridized carbons (Fsp3) is 0.111. The van der Waals surface area contributed by atoms with Gasteiger partial charge in [-0.3, -0.25) is 10.1 Å². The smallest absolute Gasteiger partial charge is 0.264 e. The molecular formula is C18H14BrClN2O2S. The molecule has 0 saturated carbocycles. The highest BCUT2D eigenvalue weighted by molar-refractivity contribution is 9.10. The van der Waals surface area contributed by atoms with Crippen LogP contribution < -0.4 is 10.1 Å². The summed E-state index contributed by atoms with van der Waals surface area (Å²) in [7, 11) is 0. The molecule has 0 spiro atoms. The van der Waals surface area contributed by atoms with Gasteiger partial charge in [0.1, 0.15) is 5.75 Å². The van der Waals surface area contributed by atoms with Crippen LogP contribution in [0.3, 0.4) is 0 Å². The second-order valence-electron chi connectivity index (χ2n) is 5.21. The number of carbonyl (C=O) groups is 1. The summed E-state index contributed by atoms with van der Waals surface area (Å²) in [5, 5.41) is 3.98. The third-order valence-electron chi connectivity index (χ3n) is 3.28. The largest absolute Gasteiger partial charge is 0.484 e. The summed E-state index contributed by atoms with van der Waals surface area (Å²) in [5.74, 6) is 0.418. The van der Waals surface area contributed by atoms with E-state index < -0.39 is 0 Å². The Labute approximate surface area is 162 Å². The van der Waals surface area contributed by atoms with Crippen LogP contribution in [0.15, 0.2) is 59.2 Å². The van der Waals surface area contributed by atoms with Gasteiger partial charge in [0.2, 0.25) is 0 Å². The maximum absolute atomic E-state index is 11.9. The molecule has 1 heterocycles. The number of nitrogens with zero attached hydrogens (tertiary/aromatic N) is 1. The van der Waals surface area contributed by atoms with Gasteiger partial charge in [0.25, 0.3) is 5.91 Å². The minimum atomic E-state index is -0.239. The molecule has 128 valence electrons. The zero-order valence-corrected chi connectivity index (χ0v) is 16.2. The molecule has 0 radical (unpaired) electrons. The van der Waals surface area contributed by atoms with Crippen molar-refractivity contribution in [3.05, 3.63) is 74.7 Å². The first-order valence-electron chi connectivity index (χ1n) is 7.46. The minimum absolute atomic E-state index is 0.0543. The number of benzene rings is 2. The molecule has 0 atom stereocenters. The van der Waals surface area contributed by atoms with E-state index in [1.54, 1.807) is 18.3 Å².